The smallest absolute Gasteiger partial charge is 0.135 e. The van der Waals surface area contributed by atoms with Crippen molar-refractivity contribution in [3.05, 3.63) is 16.8 Å². The molecule has 2 fully saturated rings. The van der Waals surface area contributed by atoms with Crippen molar-refractivity contribution in [2.45, 2.75) is 56.9 Å². The molecule has 1 saturated heterocycles. The summed E-state index contributed by atoms with van der Waals surface area (Å²) in [7, 11) is 0. The van der Waals surface area contributed by atoms with E-state index in [-0.39, 0.29) is 0 Å². The summed E-state index contributed by atoms with van der Waals surface area (Å²) < 4.78 is 0. The van der Waals surface area contributed by atoms with Gasteiger partial charge in [-0.25, -0.2) is 9.97 Å². The summed E-state index contributed by atoms with van der Waals surface area (Å²) in [6.45, 7) is 2.66. The van der Waals surface area contributed by atoms with E-state index in [9.17, 15) is 0 Å². The van der Waals surface area contributed by atoms with E-state index >= 15 is 0 Å². The lowest BCUT2D eigenvalue weighted by molar-refractivity contribution is 0.0683. The van der Waals surface area contributed by atoms with Crippen molar-refractivity contribution >= 4 is 27.4 Å². The van der Waals surface area contributed by atoms with Gasteiger partial charge in [0.25, 0.3) is 0 Å². The second-order valence-electron chi connectivity index (χ2n) is 7.49. The summed E-state index contributed by atoms with van der Waals surface area (Å²) in [4.78, 5) is 14.1. The number of aryl methyl sites for hydroxylation is 1. The molecule has 0 spiro atoms. The molecule has 3 aliphatic rings. The summed E-state index contributed by atoms with van der Waals surface area (Å²) in [5.74, 6) is 2.21. The standard InChI is InChI=1S/C18H24N4S/c19-17-16-15-13(5-6-14(15)23-18(16)21-10-20-17)11-3-1-4-12(9-11)22-7-2-8-22/h10-13H,1-9H2,(H2,19,20,21)/t11?,12-,13?/m1/s1. The zero-order valence-electron chi connectivity index (χ0n) is 13.5. The average molecular weight is 328 g/mol. The van der Waals surface area contributed by atoms with Gasteiger partial charge >= 0.3 is 0 Å². The fourth-order valence-corrected chi connectivity index (χ4v) is 6.34. The Hall–Kier alpha value is -1.20. The van der Waals surface area contributed by atoms with Crippen LogP contribution in [-0.2, 0) is 6.42 Å². The van der Waals surface area contributed by atoms with Gasteiger partial charge in [0.1, 0.15) is 17.0 Å². The van der Waals surface area contributed by atoms with E-state index in [0.29, 0.717) is 11.7 Å². The Morgan fingerprint density at radius 1 is 1.13 bits per heavy atom. The van der Waals surface area contributed by atoms with E-state index in [2.05, 4.69) is 14.9 Å². The second kappa shape index (κ2) is 5.42. The number of nitrogen functional groups attached to an aromatic ring is 1. The molecule has 2 aromatic heterocycles. The van der Waals surface area contributed by atoms with Crippen LogP contribution in [0.5, 0.6) is 0 Å². The summed E-state index contributed by atoms with van der Waals surface area (Å²) in [6.07, 6.45) is 11.1. The lowest BCUT2D eigenvalue weighted by Gasteiger charge is -2.43. The molecular formula is C18H24N4S. The molecule has 0 radical (unpaired) electrons. The monoisotopic (exact) mass is 328 g/mol. The van der Waals surface area contributed by atoms with E-state index < -0.39 is 0 Å². The van der Waals surface area contributed by atoms with Gasteiger partial charge in [-0.15, -0.1) is 11.3 Å². The fraction of sp³-hybridized carbons (Fsp3) is 0.667. The first-order valence-corrected chi connectivity index (χ1v) is 9.88. The third-order valence-electron chi connectivity index (χ3n) is 6.35. The molecule has 2 aliphatic carbocycles. The zero-order valence-corrected chi connectivity index (χ0v) is 14.3. The van der Waals surface area contributed by atoms with E-state index in [1.807, 2.05) is 11.3 Å². The molecule has 0 amide bonds. The van der Waals surface area contributed by atoms with Crippen molar-refractivity contribution < 1.29 is 0 Å². The van der Waals surface area contributed by atoms with Crippen molar-refractivity contribution in [2.75, 3.05) is 18.8 Å². The predicted molar refractivity (Wildman–Crippen MR) is 94.8 cm³/mol. The normalized spacial score (nSPS) is 31.2. The Morgan fingerprint density at radius 3 is 2.87 bits per heavy atom. The Labute approximate surface area is 141 Å². The van der Waals surface area contributed by atoms with Crippen LogP contribution >= 0.6 is 11.3 Å². The molecule has 3 atom stereocenters. The van der Waals surface area contributed by atoms with Gasteiger partial charge in [-0.05, 0) is 69.0 Å². The van der Waals surface area contributed by atoms with Gasteiger partial charge in [0.05, 0.1) is 5.39 Å². The molecule has 4 nitrogen and oxygen atoms in total. The molecule has 122 valence electrons. The number of nitrogens with two attached hydrogens (primary N) is 1. The van der Waals surface area contributed by atoms with Gasteiger partial charge in [-0.2, -0.15) is 0 Å². The first kappa shape index (κ1) is 14.2. The van der Waals surface area contributed by atoms with Crippen LogP contribution in [0, 0.1) is 5.92 Å². The van der Waals surface area contributed by atoms with Crippen LogP contribution in [0.1, 0.15) is 54.9 Å². The molecule has 1 aliphatic heterocycles. The van der Waals surface area contributed by atoms with Gasteiger partial charge in [-0.3, -0.25) is 0 Å². The maximum Gasteiger partial charge on any atom is 0.135 e. The first-order valence-electron chi connectivity index (χ1n) is 9.07. The van der Waals surface area contributed by atoms with Crippen LogP contribution in [0.3, 0.4) is 0 Å². The van der Waals surface area contributed by atoms with Crippen molar-refractivity contribution in [3.63, 3.8) is 0 Å². The van der Waals surface area contributed by atoms with Crippen molar-refractivity contribution in [1.29, 1.82) is 0 Å². The van der Waals surface area contributed by atoms with Gasteiger partial charge in [0.15, 0.2) is 0 Å². The topological polar surface area (TPSA) is 55.0 Å². The third-order valence-corrected chi connectivity index (χ3v) is 7.52. The number of thiophene rings is 1. The van der Waals surface area contributed by atoms with E-state index in [0.717, 1.165) is 16.8 Å². The molecular weight excluding hydrogens is 304 g/mol. The number of rotatable bonds is 2. The maximum absolute atomic E-state index is 6.22. The number of fused-ring (bicyclic) bond motifs is 3. The highest BCUT2D eigenvalue weighted by molar-refractivity contribution is 7.19. The molecule has 1 saturated carbocycles. The van der Waals surface area contributed by atoms with Crippen molar-refractivity contribution in [1.82, 2.24) is 14.9 Å². The SMILES string of the molecule is Nc1ncnc2sc3c(c12)C(C1CCC[C@@H](N2CCC2)C1)CC3. The van der Waals surface area contributed by atoms with Gasteiger partial charge < -0.3 is 10.6 Å². The minimum atomic E-state index is 0.689. The molecule has 0 aromatic carbocycles. The second-order valence-corrected chi connectivity index (χ2v) is 8.58. The number of anilines is 1. The summed E-state index contributed by atoms with van der Waals surface area (Å²) >= 11 is 1.85. The summed E-state index contributed by atoms with van der Waals surface area (Å²) in [5, 5.41) is 1.18. The summed E-state index contributed by atoms with van der Waals surface area (Å²) in [5.41, 5.74) is 7.74. The van der Waals surface area contributed by atoms with E-state index in [1.165, 1.54) is 73.9 Å². The Bertz CT molecular complexity index is 736. The van der Waals surface area contributed by atoms with E-state index in [1.54, 1.807) is 6.33 Å². The highest BCUT2D eigenvalue weighted by atomic mass is 32.1. The lowest BCUT2D eigenvalue weighted by atomic mass is 9.74. The van der Waals surface area contributed by atoms with Gasteiger partial charge in [-0.1, -0.05) is 6.42 Å². The fourth-order valence-electron chi connectivity index (χ4n) is 5.11. The Balaban J connectivity index is 1.48. The number of hydrogen-bond acceptors (Lipinski definition) is 5. The van der Waals surface area contributed by atoms with Crippen LogP contribution in [-0.4, -0.2) is 34.0 Å². The van der Waals surface area contributed by atoms with Gasteiger partial charge in [0, 0.05) is 10.9 Å². The van der Waals surface area contributed by atoms with Crippen LogP contribution in [0.2, 0.25) is 0 Å². The number of likely N-dealkylation sites (tertiary alicyclic amines) is 1. The lowest BCUT2D eigenvalue weighted by Crippen LogP contribution is -2.47. The molecule has 2 N–H and O–H groups in total. The molecule has 3 heterocycles. The highest BCUT2D eigenvalue weighted by Crippen LogP contribution is 2.51. The number of aromatic nitrogens is 2. The molecule has 23 heavy (non-hydrogen) atoms. The maximum atomic E-state index is 6.22. The zero-order chi connectivity index (χ0) is 15.4. The average Bonchev–Trinajstić information content (AvgIpc) is 3.04. The Morgan fingerprint density at radius 2 is 2.04 bits per heavy atom. The molecule has 5 rings (SSSR count). The quantitative estimate of drug-likeness (QED) is 0.915. The van der Waals surface area contributed by atoms with Crippen LogP contribution < -0.4 is 5.73 Å². The minimum absolute atomic E-state index is 0.689. The summed E-state index contributed by atoms with van der Waals surface area (Å²) in [6, 6.07) is 0.838. The van der Waals surface area contributed by atoms with E-state index in [4.69, 9.17) is 5.73 Å². The molecule has 2 unspecified atom stereocenters. The van der Waals surface area contributed by atoms with Crippen molar-refractivity contribution in [3.8, 4) is 0 Å². The molecule has 0 bridgehead atoms. The Kier molecular flexibility index (Phi) is 3.34. The minimum Gasteiger partial charge on any atom is -0.383 e. The number of hydrogen-bond donors (Lipinski definition) is 1. The van der Waals surface area contributed by atoms with Gasteiger partial charge in [0.2, 0.25) is 0 Å². The van der Waals surface area contributed by atoms with Crippen LogP contribution in [0.15, 0.2) is 6.33 Å². The highest BCUT2D eigenvalue weighted by Gasteiger charge is 2.38. The predicted octanol–water partition coefficient (Wildman–Crippen LogP) is 3.57. The van der Waals surface area contributed by atoms with Crippen LogP contribution in [0.4, 0.5) is 5.82 Å². The first-order chi connectivity index (χ1) is 11.3. The van der Waals surface area contributed by atoms with Crippen molar-refractivity contribution in [2.24, 2.45) is 5.92 Å². The molecule has 5 heteroatoms. The number of nitrogens with zero attached hydrogens (tertiary/aromatic N) is 3. The third kappa shape index (κ3) is 2.20. The van der Waals surface area contributed by atoms with Crippen LogP contribution in [0.25, 0.3) is 10.2 Å². The largest absolute Gasteiger partial charge is 0.383 e. The molecule has 2 aromatic rings.